The van der Waals surface area contributed by atoms with E-state index in [0.29, 0.717) is 11.5 Å². The Bertz CT molecular complexity index is 1050. The second-order valence-corrected chi connectivity index (χ2v) is 8.82. The Morgan fingerprint density at radius 3 is 2.96 bits per heavy atom. The molecule has 146 valence electrons. The number of piperidine rings is 1. The van der Waals surface area contributed by atoms with Crippen LogP contribution in [-0.2, 0) is 0 Å². The van der Waals surface area contributed by atoms with Crippen molar-refractivity contribution in [1.82, 2.24) is 9.97 Å². The van der Waals surface area contributed by atoms with E-state index in [2.05, 4.69) is 27.1 Å². The van der Waals surface area contributed by atoms with Crippen LogP contribution in [0, 0.1) is 18.7 Å². The molecular formula is C20H20ClFN4OS. The number of carbonyl (C=O) groups excluding carboxylic acids is 1. The first-order chi connectivity index (χ1) is 13.4. The molecule has 0 radical (unpaired) electrons. The van der Waals surface area contributed by atoms with Crippen molar-refractivity contribution in [3.05, 3.63) is 45.8 Å². The molecule has 2 aromatic heterocycles. The summed E-state index contributed by atoms with van der Waals surface area (Å²) >= 11 is 7.25. The minimum atomic E-state index is -0.570. The summed E-state index contributed by atoms with van der Waals surface area (Å²) in [7, 11) is 0. The van der Waals surface area contributed by atoms with Crippen molar-refractivity contribution >= 4 is 50.6 Å². The molecule has 1 fully saturated rings. The van der Waals surface area contributed by atoms with E-state index in [1.165, 1.54) is 29.9 Å². The summed E-state index contributed by atoms with van der Waals surface area (Å²) in [6, 6.07) is 4.19. The van der Waals surface area contributed by atoms with E-state index < -0.39 is 5.82 Å². The van der Waals surface area contributed by atoms with Gasteiger partial charge in [0.05, 0.1) is 16.6 Å². The largest absolute Gasteiger partial charge is 0.356 e. The average Bonchev–Trinajstić information content (AvgIpc) is 3.00. The fourth-order valence-corrected chi connectivity index (χ4v) is 4.84. The summed E-state index contributed by atoms with van der Waals surface area (Å²) in [6.45, 7) is 5.90. The molecular weight excluding hydrogens is 399 g/mol. The summed E-state index contributed by atoms with van der Waals surface area (Å²) in [5.74, 6) is 0.409. The van der Waals surface area contributed by atoms with Crippen LogP contribution in [0.1, 0.15) is 35.0 Å². The van der Waals surface area contributed by atoms with Gasteiger partial charge >= 0.3 is 0 Å². The van der Waals surface area contributed by atoms with Crippen LogP contribution in [0.5, 0.6) is 0 Å². The Morgan fingerprint density at radius 2 is 2.21 bits per heavy atom. The van der Waals surface area contributed by atoms with Crippen molar-refractivity contribution in [1.29, 1.82) is 0 Å². The van der Waals surface area contributed by atoms with Crippen LogP contribution in [0.15, 0.2) is 24.5 Å². The highest BCUT2D eigenvalue weighted by Gasteiger charge is 2.26. The van der Waals surface area contributed by atoms with Crippen molar-refractivity contribution in [2.45, 2.75) is 26.7 Å². The van der Waals surface area contributed by atoms with Gasteiger partial charge in [0, 0.05) is 23.0 Å². The summed E-state index contributed by atoms with van der Waals surface area (Å²) in [5.41, 5.74) is 0.598. The molecule has 1 atom stereocenters. The number of amides is 1. The number of hydrogen-bond donors (Lipinski definition) is 1. The molecule has 1 aliphatic rings. The summed E-state index contributed by atoms with van der Waals surface area (Å²) in [5, 5.41) is 3.69. The molecule has 1 unspecified atom stereocenters. The molecule has 3 heterocycles. The molecule has 28 heavy (non-hydrogen) atoms. The monoisotopic (exact) mass is 418 g/mol. The van der Waals surface area contributed by atoms with E-state index in [-0.39, 0.29) is 16.6 Å². The van der Waals surface area contributed by atoms with Gasteiger partial charge in [-0.1, -0.05) is 18.5 Å². The zero-order valence-electron chi connectivity index (χ0n) is 15.6. The predicted octanol–water partition coefficient (Wildman–Crippen LogP) is 5.28. The minimum absolute atomic E-state index is 0.0955. The first-order valence-electron chi connectivity index (χ1n) is 9.19. The average molecular weight is 419 g/mol. The molecule has 1 aliphatic heterocycles. The van der Waals surface area contributed by atoms with Crippen LogP contribution in [0.3, 0.4) is 0 Å². The van der Waals surface area contributed by atoms with E-state index in [9.17, 15) is 9.18 Å². The number of nitrogens with zero attached hydrogens (tertiary/aromatic N) is 3. The molecule has 0 aliphatic carbocycles. The van der Waals surface area contributed by atoms with E-state index >= 15 is 0 Å². The van der Waals surface area contributed by atoms with E-state index in [4.69, 9.17) is 11.6 Å². The maximum Gasteiger partial charge on any atom is 0.257 e. The molecule has 8 heteroatoms. The van der Waals surface area contributed by atoms with Crippen molar-refractivity contribution in [3.8, 4) is 0 Å². The van der Waals surface area contributed by atoms with Crippen molar-refractivity contribution < 1.29 is 9.18 Å². The lowest BCUT2D eigenvalue weighted by Gasteiger charge is -2.32. The number of aromatic nitrogens is 2. The van der Waals surface area contributed by atoms with Gasteiger partial charge in [-0.05, 0) is 43.9 Å². The second kappa shape index (κ2) is 7.64. The van der Waals surface area contributed by atoms with Gasteiger partial charge in [0.2, 0.25) is 0 Å². The van der Waals surface area contributed by atoms with E-state index in [0.717, 1.165) is 40.4 Å². The number of hydrogen-bond acceptors (Lipinski definition) is 5. The fraction of sp³-hybridized carbons (Fsp3) is 0.350. The quantitative estimate of drug-likeness (QED) is 0.628. The number of fused-ring (bicyclic) bond motifs is 1. The Kier molecular flexibility index (Phi) is 5.21. The zero-order valence-corrected chi connectivity index (χ0v) is 17.2. The van der Waals surface area contributed by atoms with Crippen LogP contribution in [0.25, 0.3) is 10.2 Å². The summed E-state index contributed by atoms with van der Waals surface area (Å²) in [6.07, 6.45) is 3.83. The van der Waals surface area contributed by atoms with Gasteiger partial charge in [0.25, 0.3) is 5.91 Å². The normalized spacial score (nSPS) is 17.1. The molecule has 0 saturated carbocycles. The third-order valence-corrected chi connectivity index (χ3v) is 6.26. The van der Waals surface area contributed by atoms with Gasteiger partial charge in [0.15, 0.2) is 0 Å². The SMILES string of the molecule is Cc1sc2ncnc(N3CCCC(C)C3)c2c1C(=O)Nc1ccc(Cl)cc1F. The standard InChI is InChI=1S/C20H20ClFN4OS/c1-11-4-3-7-26(9-11)18-17-16(12(2)28-20(17)24-10-23-18)19(27)25-15-6-5-13(21)8-14(15)22/h5-6,8,10-11H,3-4,7,9H2,1-2H3,(H,25,27). The van der Waals surface area contributed by atoms with E-state index in [1.54, 1.807) is 12.4 Å². The number of nitrogens with one attached hydrogen (secondary N) is 1. The van der Waals surface area contributed by atoms with Gasteiger partial charge in [-0.15, -0.1) is 11.3 Å². The van der Waals surface area contributed by atoms with E-state index in [1.807, 2.05) is 6.92 Å². The number of anilines is 2. The summed E-state index contributed by atoms with van der Waals surface area (Å²) < 4.78 is 14.2. The number of benzene rings is 1. The number of thiophene rings is 1. The zero-order chi connectivity index (χ0) is 19.8. The predicted molar refractivity (Wildman–Crippen MR) is 112 cm³/mol. The summed E-state index contributed by atoms with van der Waals surface area (Å²) in [4.78, 5) is 25.8. The van der Waals surface area contributed by atoms with Gasteiger partial charge in [-0.2, -0.15) is 0 Å². The first-order valence-corrected chi connectivity index (χ1v) is 10.4. The number of rotatable bonds is 3. The molecule has 1 N–H and O–H groups in total. The maximum atomic E-state index is 14.2. The highest BCUT2D eigenvalue weighted by Crippen LogP contribution is 2.37. The van der Waals surface area contributed by atoms with Crippen LogP contribution < -0.4 is 10.2 Å². The second-order valence-electron chi connectivity index (χ2n) is 7.18. The van der Waals surface area contributed by atoms with Crippen molar-refractivity contribution in [2.24, 2.45) is 5.92 Å². The lowest BCUT2D eigenvalue weighted by molar-refractivity contribution is 0.102. The van der Waals surface area contributed by atoms with Gasteiger partial charge in [0.1, 0.15) is 22.8 Å². The van der Waals surface area contributed by atoms with Crippen LogP contribution >= 0.6 is 22.9 Å². The fourth-order valence-electron chi connectivity index (χ4n) is 3.70. The molecule has 0 bridgehead atoms. The van der Waals surface area contributed by atoms with Gasteiger partial charge < -0.3 is 10.2 Å². The molecule has 0 spiro atoms. The molecule has 5 nitrogen and oxygen atoms in total. The Hall–Kier alpha value is -2.25. The lowest BCUT2D eigenvalue weighted by atomic mass is 10.00. The highest BCUT2D eigenvalue weighted by atomic mass is 35.5. The molecule has 1 saturated heterocycles. The Labute approximate surface area is 171 Å². The smallest absolute Gasteiger partial charge is 0.257 e. The molecule has 3 aromatic rings. The lowest BCUT2D eigenvalue weighted by Crippen LogP contribution is -2.35. The van der Waals surface area contributed by atoms with Crippen LogP contribution in [-0.4, -0.2) is 29.0 Å². The van der Waals surface area contributed by atoms with Gasteiger partial charge in [-0.3, -0.25) is 4.79 Å². The molecule has 4 rings (SSSR count). The Balaban J connectivity index is 1.76. The Morgan fingerprint density at radius 1 is 1.39 bits per heavy atom. The molecule has 1 amide bonds. The number of halogens is 2. The number of carbonyl (C=O) groups is 1. The molecule has 1 aromatic carbocycles. The van der Waals surface area contributed by atoms with Crippen LogP contribution in [0.4, 0.5) is 15.9 Å². The topological polar surface area (TPSA) is 58.1 Å². The first kappa shape index (κ1) is 19.1. The minimum Gasteiger partial charge on any atom is -0.356 e. The third-order valence-electron chi connectivity index (χ3n) is 5.01. The van der Waals surface area contributed by atoms with Gasteiger partial charge in [-0.25, -0.2) is 14.4 Å². The van der Waals surface area contributed by atoms with Crippen LogP contribution in [0.2, 0.25) is 5.02 Å². The van der Waals surface area contributed by atoms with Crippen molar-refractivity contribution in [3.63, 3.8) is 0 Å². The highest BCUT2D eigenvalue weighted by molar-refractivity contribution is 7.19. The van der Waals surface area contributed by atoms with Crippen molar-refractivity contribution in [2.75, 3.05) is 23.3 Å². The third kappa shape index (κ3) is 3.56. The number of aryl methyl sites for hydroxylation is 1. The maximum absolute atomic E-state index is 14.2.